The molecule has 11 heteroatoms. The van der Waals surface area contributed by atoms with Crippen LogP contribution in [0.3, 0.4) is 0 Å². The van der Waals surface area contributed by atoms with Gasteiger partial charge in [-0.2, -0.15) is 0 Å². The first kappa shape index (κ1) is 57.6. The van der Waals surface area contributed by atoms with Crippen molar-refractivity contribution < 1.29 is 42.7 Å². The van der Waals surface area contributed by atoms with Gasteiger partial charge in [0.2, 0.25) is 0 Å². The third-order valence-electron chi connectivity index (χ3n) is 9.05. The van der Waals surface area contributed by atoms with Gasteiger partial charge in [0.15, 0.2) is 0 Å². The number of ether oxygens (including phenoxy) is 2. The van der Waals surface area contributed by atoms with Gasteiger partial charge in [-0.3, -0.25) is 18.6 Å². The number of phosphoric ester groups is 1. The first-order valence-electron chi connectivity index (χ1n) is 22.9. The molecule has 10 nitrogen and oxygen atoms in total. The molecule has 4 N–H and O–H groups in total. The summed E-state index contributed by atoms with van der Waals surface area (Å²) in [4.78, 5) is 33.6. The van der Waals surface area contributed by atoms with Crippen LogP contribution in [0.15, 0.2) is 109 Å². The molecule has 0 aliphatic carbocycles. The highest BCUT2D eigenvalue weighted by Crippen LogP contribution is 2.43. The number of phosphoric acid groups is 1. The maximum absolute atomic E-state index is 12.6. The first-order chi connectivity index (χ1) is 29.7. The minimum absolute atomic E-state index is 0.0114. The van der Waals surface area contributed by atoms with Crippen LogP contribution in [0.4, 0.5) is 0 Å². The number of unbranched alkanes of at least 4 members (excludes halogenated alkanes) is 10. The quantitative estimate of drug-likeness (QED) is 0.0234. The van der Waals surface area contributed by atoms with E-state index in [1.165, 1.54) is 12.8 Å². The summed E-state index contributed by atoms with van der Waals surface area (Å²) in [5.41, 5.74) is 5.36. The van der Waals surface area contributed by atoms with Gasteiger partial charge in [-0.25, -0.2) is 4.57 Å². The van der Waals surface area contributed by atoms with Gasteiger partial charge in [0.1, 0.15) is 12.1 Å². The standard InChI is InChI=1S/C50H82NO9P/c1-3-5-7-9-11-13-15-17-19-21-22-23-24-25-27-29-31-33-35-37-39-41-43-57-44-47(45-58-61(55,56)59-46-48(51)50(53)54)60-49(52)42-40-38-36-34-32-30-28-26-20-18-16-14-12-10-8-6-4-2/h5-8,11-14,17-20,22-23,25,27-28,30,47-48H,3-4,9-10,15-16,21,24,26,29,31-46,51H2,1-2H3,(H,53,54)(H,55,56)/b7-5-,8-6-,13-11-,14-12-,19-17-,20-18-,23-22-,27-25-,30-28-. The molecule has 0 saturated heterocycles. The number of esters is 1. The number of carboxylic acids is 1. The Balaban J connectivity index is 4.31. The van der Waals surface area contributed by atoms with Crippen molar-refractivity contribution in [2.24, 2.45) is 5.73 Å². The molecule has 0 aromatic heterocycles. The molecule has 0 rings (SSSR count). The number of carbonyl (C=O) groups excluding carboxylic acids is 1. The van der Waals surface area contributed by atoms with Crippen LogP contribution in [0.25, 0.3) is 0 Å². The molecule has 0 radical (unpaired) electrons. The van der Waals surface area contributed by atoms with E-state index in [-0.39, 0.29) is 13.0 Å². The van der Waals surface area contributed by atoms with Crippen molar-refractivity contribution in [1.29, 1.82) is 0 Å². The first-order valence-corrected chi connectivity index (χ1v) is 24.4. The third-order valence-corrected chi connectivity index (χ3v) is 10.00. The molecule has 0 spiro atoms. The van der Waals surface area contributed by atoms with E-state index < -0.39 is 45.1 Å². The number of rotatable bonds is 42. The maximum atomic E-state index is 12.6. The summed E-state index contributed by atoms with van der Waals surface area (Å²) in [6, 6.07) is -1.49. The van der Waals surface area contributed by atoms with Gasteiger partial charge in [0.25, 0.3) is 0 Å². The molecule has 0 aromatic carbocycles. The summed E-state index contributed by atoms with van der Waals surface area (Å²) in [6.07, 6.45) is 60.0. The smallest absolute Gasteiger partial charge is 0.472 e. The molecule has 0 fully saturated rings. The Labute approximate surface area is 370 Å². The molecule has 0 aliphatic rings. The van der Waals surface area contributed by atoms with Gasteiger partial charge in [-0.1, -0.05) is 162 Å². The van der Waals surface area contributed by atoms with Crippen molar-refractivity contribution in [3.63, 3.8) is 0 Å². The van der Waals surface area contributed by atoms with Crippen LogP contribution in [0.1, 0.15) is 155 Å². The average Bonchev–Trinajstić information content (AvgIpc) is 3.24. The predicted molar refractivity (Wildman–Crippen MR) is 253 cm³/mol. The SMILES string of the molecule is CC/C=C\C/C=C\C/C=C\C/C=C\C/C=C\CCCCCCCCOCC(COP(=O)(O)OCC(N)C(=O)O)OC(=O)CCCCCC/C=C\C/C=C\C/C=C\C/C=C\CC. The Morgan fingerprint density at radius 1 is 0.525 bits per heavy atom. The van der Waals surface area contributed by atoms with Crippen LogP contribution in [-0.4, -0.2) is 60.5 Å². The number of allylic oxidation sites excluding steroid dienone is 18. The summed E-state index contributed by atoms with van der Waals surface area (Å²) in [5, 5.41) is 8.91. The minimum Gasteiger partial charge on any atom is -0.480 e. The molecule has 0 aromatic rings. The van der Waals surface area contributed by atoms with E-state index >= 15 is 0 Å². The average molecular weight is 872 g/mol. The highest BCUT2D eigenvalue weighted by atomic mass is 31.2. The van der Waals surface area contributed by atoms with Gasteiger partial charge in [-0.15, -0.1) is 0 Å². The molecular formula is C50H82NO9P. The molecule has 0 heterocycles. The molecule has 0 saturated carbocycles. The summed E-state index contributed by atoms with van der Waals surface area (Å²) in [7, 11) is -4.64. The van der Waals surface area contributed by atoms with Crippen molar-refractivity contribution in [3.8, 4) is 0 Å². The largest absolute Gasteiger partial charge is 0.480 e. The number of aliphatic carboxylic acids is 1. The van der Waals surface area contributed by atoms with E-state index in [1.807, 2.05) is 0 Å². The molecule has 3 unspecified atom stereocenters. The van der Waals surface area contributed by atoms with Gasteiger partial charge in [-0.05, 0) is 96.3 Å². The lowest BCUT2D eigenvalue weighted by Crippen LogP contribution is -2.34. The monoisotopic (exact) mass is 872 g/mol. The maximum Gasteiger partial charge on any atom is 0.472 e. The van der Waals surface area contributed by atoms with Crippen molar-refractivity contribution in [2.75, 3.05) is 26.4 Å². The van der Waals surface area contributed by atoms with Crippen LogP contribution in [0.2, 0.25) is 0 Å². The van der Waals surface area contributed by atoms with E-state index in [0.717, 1.165) is 116 Å². The second-order valence-corrected chi connectivity index (χ2v) is 16.2. The normalized spacial score (nSPS) is 14.8. The van der Waals surface area contributed by atoms with E-state index in [2.05, 4.69) is 123 Å². The van der Waals surface area contributed by atoms with Gasteiger partial charge < -0.3 is 25.2 Å². The lowest BCUT2D eigenvalue weighted by Gasteiger charge is -2.20. The van der Waals surface area contributed by atoms with Crippen LogP contribution in [0, 0.1) is 0 Å². The van der Waals surface area contributed by atoms with Crippen molar-refractivity contribution in [3.05, 3.63) is 109 Å². The lowest BCUT2D eigenvalue weighted by atomic mass is 10.1. The van der Waals surface area contributed by atoms with Gasteiger partial charge in [0, 0.05) is 13.0 Å². The summed E-state index contributed by atoms with van der Waals surface area (Å²) in [5.74, 6) is -1.82. The Bertz CT molecular complexity index is 1380. The zero-order chi connectivity index (χ0) is 44.8. The zero-order valence-corrected chi connectivity index (χ0v) is 38.6. The number of carboxylic acid groups (broad SMARTS) is 1. The number of carbonyl (C=O) groups is 2. The van der Waals surface area contributed by atoms with Gasteiger partial charge in [0.05, 0.1) is 19.8 Å². The minimum atomic E-state index is -4.64. The van der Waals surface area contributed by atoms with Crippen molar-refractivity contribution in [1.82, 2.24) is 0 Å². The topological polar surface area (TPSA) is 155 Å². The summed E-state index contributed by atoms with van der Waals surface area (Å²) < 4.78 is 33.4. The Morgan fingerprint density at radius 3 is 1.34 bits per heavy atom. The van der Waals surface area contributed by atoms with E-state index in [0.29, 0.717) is 13.0 Å². The summed E-state index contributed by atoms with van der Waals surface area (Å²) >= 11 is 0. The highest BCUT2D eigenvalue weighted by Gasteiger charge is 2.27. The van der Waals surface area contributed by atoms with E-state index in [1.54, 1.807) is 0 Å². The van der Waals surface area contributed by atoms with Crippen molar-refractivity contribution >= 4 is 19.8 Å². The number of hydrogen-bond donors (Lipinski definition) is 3. The number of nitrogens with two attached hydrogens (primary N) is 1. The molecular weight excluding hydrogens is 790 g/mol. The number of hydrogen-bond acceptors (Lipinski definition) is 8. The van der Waals surface area contributed by atoms with Gasteiger partial charge >= 0.3 is 19.8 Å². The lowest BCUT2D eigenvalue weighted by molar-refractivity contribution is -0.154. The van der Waals surface area contributed by atoms with Crippen LogP contribution in [0.5, 0.6) is 0 Å². The fourth-order valence-electron chi connectivity index (χ4n) is 5.56. The fraction of sp³-hybridized carbons (Fsp3) is 0.600. The van der Waals surface area contributed by atoms with E-state index in [9.17, 15) is 19.0 Å². The van der Waals surface area contributed by atoms with Crippen LogP contribution in [-0.2, 0) is 32.7 Å². The second kappa shape index (κ2) is 44.7. The molecule has 3 atom stereocenters. The highest BCUT2D eigenvalue weighted by molar-refractivity contribution is 7.47. The Hall–Kier alpha value is -3.37. The molecule has 346 valence electrons. The Morgan fingerprint density at radius 2 is 0.902 bits per heavy atom. The van der Waals surface area contributed by atoms with Crippen LogP contribution < -0.4 is 5.73 Å². The van der Waals surface area contributed by atoms with Crippen molar-refractivity contribution in [2.45, 2.75) is 167 Å². The molecule has 0 aliphatic heterocycles. The predicted octanol–water partition coefficient (Wildman–Crippen LogP) is 13.1. The molecule has 0 bridgehead atoms. The molecule has 61 heavy (non-hydrogen) atoms. The second-order valence-electron chi connectivity index (χ2n) is 14.8. The fourth-order valence-corrected chi connectivity index (χ4v) is 6.34. The summed E-state index contributed by atoms with van der Waals surface area (Å²) in [6.45, 7) is 3.56. The van der Waals surface area contributed by atoms with E-state index in [4.69, 9.17) is 29.4 Å². The Kier molecular flexibility index (Phi) is 42.2. The van der Waals surface area contributed by atoms with Crippen LogP contribution >= 0.6 is 7.82 Å². The molecule has 0 amide bonds. The zero-order valence-electron chi connectivity index (χ0n) is 37.7. The third kappa shape index (κ3) is 44.5.